The van der Waals surface area contributed by atoms with Gasteiger partial charge >= 0.3 is 0 Å². The minimum atomic E-state index is -2.59. The molecule has 750 valence electrons. The second-order valence-corrected chi connectivity index (χ2v) is 36.3. The molecule has 9 rings (SSSR count). The highest BCUT2D eigenvalue weighted by Gasteiger charge is 2.44. The fourth-order valence-electron chi connectivity index (χ4n) is 16.8. The largest absolute Gasteiger partial charge is 0.396 e. The number of para-hydroxylation sites is 2. The Balaban J connectivity index is 1.12. The number of nitrogens with two attached hydrogens (primary N) is 3. The van der Waals surface area contributed by atoms with Crippen molar-refractivity contribution >= 4 is 140 Å². The summed E-state index contributed by atoms with van der Waals surface area (Å²) in [4.78, 5) is 266. The predicted octanol–water partition coefficient (Wildman–Crippen LogP) is 1.54. The van der Waals surface area contributed by atoms with Crippen LogP contribution in [0.25, 0.3) is 21.8 Å². The topological polar surface area (TPSA) is 594 Å². The molecule has 45 heteroatoms. The number of aliphatic hydroxyl groups excluding tert-OH is 1. The second-order valence-electron chi connectivity index (χ2n) is 35.3. The molecular weight excluding hydrogens is 1840 g/mol. The molecule has 2 aliphatic rings. The number of ketones is 3. The number of hydrogen-bond acceptors (Lipinski definition) is 21. The number of unbranched alkanes of at least 4 members (excludes halogenated alkanes) is 1. The van der Waals surface area contributed by atoms with Gasteiger partial charge in [-0.25, -0.2) is 26.9 Å². The Kier molecular flexibility index (Phi) is 40.2. The molecular formula is C94H120F5N21O18S. The number of guanidine groups is 1. The highest BCUT2D eigenvalue weighted by atomic mass is 32.2. The summed E-state index contributed by atoms with van der Waals surface area (Å²) in [6.45, 7) is 3.54. The minimum Gasteiger partial charge on any atom is -0.396 e. The molecule has 7 aromatic rings. The first kappa shape index (κ1) is 109. The van der Waals surface area contributed by atoms with E-state index in [4.69, 9.17) is 22.6 Å². The predicted molar refractivity (Wildman–Crippen MR) is 499 cm³/mol. The molecule has 4 aromatic carbocycles. The van der Waals surface area contributed by atoms with Crippen LogP contribution in [0.3, 0.4) is 0 Å². The number of Topliss-reactive ketones (excluding diaryl/α,β-unsaturated/α-hetero) is 3. The maximum atomic E-state index is 16.3. The number of likely N-dealkylation sites (N-methyl/N-ethyl adjacent to an activating group) is 3. The van der Waals surface area contributed by atoms with Gasteiger partial charge in [0.15, 0.2) is 40.8 Å². The number of halogens is 5. The number of aromatic amines is 3. The van der Waals surface area contributed by atoms with Crippen molar-refractivity contribution in [3.8, 4) is 0 Å². The molecule has 0 unspecified atom stereocenters. The van der Waals surface area contributed by atoms with Gasteiger partial charge in [-0.1, -0.05) is 100 Å². The summed E-state index contributed by atoms with van der Waals surface area (Å²) in [5, 5.41) is 43.2. The highest BCUT2D eigenvalue weighted by Crippen LogP contribution is 2.32. The normalized spacial score (nSPS) is 23.0. The molecule has 2 fully saturated rings. The summed E-state index contributed by atoms with van der Waals surface area (Å²) < 4.78 is 78.3. The number of benzene rings is 4. The number of carbonyl (C=O) groups excluding carboxylic acids is 17. The number of amides is 14. The summed E-state index contributed by atoms with van der Waals surface area (Å²) in [6, 6.07) is 5.46. The van der Waals surface area contributed by atoms with E-state index in [1.54, 1.807) is 106 Å². The lowest BCUT2D eigenvalue weighted by molar-refractivity contribution is -0.145. The quantitative estimate of drug-likeness (QED) is 0.00963. The fraction of sp³-hybridized carbons (Fsp3) is 0.479. The van der Waals surface area contributed by atoms with E-state index >= 15 is 41.5 Å². The van der Waals surface area contributed by atoms with Crippen LogP contribution in [0, 0.1) is 58.2 Å². The molecule has 5 heterocycles. The molecule has 2 saturated heterocycles. The molecule has 139 heavy (non-hydrogen) atoms. The monoisotopic (exact) mass is 1960 g/mol. The first-order valence-corrected chi connectivity index (χ1v) is 46.7. The molecule has 20 N–H and O–H groups in total. The number of imidazole rings is 1. The zero-order chi connectivity index (χ0) is 102. The Morgan fingerprint density at radius 1 is 0.568 bits per heavy atom. The number of aromatic nitrogens is 4. The number of carbonyl (C=O) groups is 17. The third-order valence-corrected chi connectivity index (χ3v) is 25.5. The number of thioether (sulfide) groups is 1. The molecule has 3 aromatic heterocycles. The lowest BCUT2D eigenvalue weighted by atomic mass is 9.85. The zero-order valence-electron chi connectivity index (χ0n) is 78.0. The number of fused-ring (bicyclic) bond motifs is 3. The fourth-order valence-corrected chi connectivity index (χ4v) is 17.7. The van der Waals surface area contributed by atoms with Crippen LogP contribution in [0.1, 0.15) is 133 Å². The Morgan fingerprint density at radius 2 is 1.17 bits per heavy atom. The van der Waals surface area contributed by atoms with Crippen LogP contribution in [0.2, 0.25) is 0 Å². The van der Waals surface area contributed by atoms with Gasteiger partial charge in [-0.2, -0.15) is 0 Å². The summed E-state index contributed by atoms with van der Waals surface area (Å²) in [5.74, 6) is -36.9. The van der Waals surface area contributed by atoms with Crippen molar-refractivity contribution < 1.29 is 109 Å². The molecule has 39 nitrogen and oxygen atoms in total. The third-order valence-electron chi connectivity index (χ3n) is 24.4. The molecule has 0 spiro atoms. The van der Waals surface area contributed by atoms with Crippen molar-refractivity contribution in [2.45, 2.75) is 197 Å². The molecule has 0 saturated carbocycles. The zero-order valence-corrected chi connectivity index (χ0v) is 78.8. The van der Waals surface area contributed by atoms with Crippen LogP contribution in [0.4, 0.5) is 22.0 Å². The van der Waals surface area contributed by atoms with Gasteiger partial charge in [0.05, 0.1) is 50.2 Å². The van der Waals surface area contributed by atoms with E-state index in [0.717, 1.165) is 26.6 Å². The summed E-state index contributed by atoms with van der Waals surface area (Å²) >= 11 is 0.696. The second kappa shape index (κ2) is 51.4. The first-order valence-electron chi connectivity index (χ1n) is 45.6. The lowest BCUT2D eigenvalue weighted by Gasteiger charge is -2.32. The van der Waals surface area contributed by atoms with Gasteiger partial charge in [0, 0.05) is 142 Å². The van der Waals surface area contributed by atoms with Crippen molar-refractivity contribution in [2.24, 2.45) is 40.9 Å². The summed E-state index contributed by atoms with van der Waals surface area (Å²) in [7, 11) is 3.49. The van der Waals surface area contributed by atoms with Gasteiger partial charge in [0.25, 0.3) is 0 Å². The number of hydrogen-bond donors (Lipinski definition) is 17. The van der Waals surface area contributed by atoms with Crippen LogP contribution < -0.4 is 65.1 Å². The van der Waals surface area contributed by atoms with Gasteiger partial charge in [0.2, 0.25) is 88.5 Å². The van der Waals surface area contributed by atoms with Crippen LogP contribution in [-0.4, -0.2) is 277 Å². The van der Waals surface area contributed by atoms with Crippen molar-refractivity contribution in [2.75, 3.05) is 65.4 Å². The minimum absolute atomic E-state index is 0.0165. The summed E-state index contributed by atoms with van der Waals surface area (Å²) in [6.07, 6.45) is -0.890. The number of nitrogens with zero attached hydrogens (tertiary/aromatic N) is 5. The maximum Gasteiger partial charge on any atom is 0.246 e. The molecule has 0 aliphatic carbocycles. The SMILES string of the molecule is CCCC[C@H]1C(=O)N[C@@H](CCCNC(=N)N)C(=O)N[C@H](C(=O)NCC(N)=O)CSCC(=O)N[C@@H](Cc2ccccc2)C(=O)N(C)[C@@H](C)C(=O)N[C@@H](CC(N)=O)C(=O)N2CCC[C@H]2C(=O)N[C@@H](Cc2cnc[nH]2)C(=O)N[C@@H](CC(C)C)C(=O)N(C)CC(=O)C[C@@H](Cc2c[nH]c3ccccc23)C(=O)C[C@@H](CO)C(=O)N[C@@H](Cc2c[nH]c3ccccc23)C(=O)C[C@@H](Cc2c(F)c(F)c(F)c(F)c2F)C(=O)N1C. The van der Waals surface area contributed by atoms with Crippen LogP contribution in [0.5, 0.6) is 0 Å². The Morgan fingerprint density at radius 3 is 1.78 bits per heavy atom. The first-order chi connectivity index (χ1) is 66.1. The van der Waals surface area contributed by atoms with Crippen molar-refractivity contribution in [1.82, 2.24) is 87.4 Å². The van der Waals surface area contributed by atoms with E-state index in [1.165, 1.54) is 39.7 Å². The third kappa shape index (κ3) is 30.2. The van der Waals surface area contributed by atoms with E-state index in [-0.39, 0.29) is 89.6 Å². The molecule has 2 aliphatic heterocycles. The number of aliphatic hydroxyl groups is 1. The molecule has 0 bridgehead atoms. The van der Waals surface area contributed by atoms with Gasteiger partial charge in [-0.15, -0.1) is 11.8 Å². The van der Waals surface area contributed by atoms with Crippen molar-refractivity contribution in [3.05, 3.63) is 161 Å². The van der Waals surface area contributed by atoms with E-state index in [2.05, 4.69) is 67.8 Å². The smallest absolute Gasteiger partial charge is 0.246 e. The average molecular weight is 1960 g/mol. The Hall–Kier alpha value is -14.0. The van der Waals surface area contributed by atoms with Gasteiger partial charge in [-0.05, 0) is 93.0 Å². The number of nitrogens with one attached hydrogen (secondary N) is 13. The average Bonchev–Trinajstić information content (AvgIpc) is 1.40. The van der Waals surface area contributed by atoms with Crippen molar-refractivity contribution in [1.29, 1.82) is 5.41 Å². The standard InChI is InChI=1S/C94H120F5N21O18S/c1-8-9-26-71-88(133)111-64(25-17-28-105-94(102)103)86(131)116-70(85(130)108-43-76(101)126)46-139-47-77(127)110-68(31-51-19-11-10-12-20-51)92(137)118(6)50(4)83(128)114-69(39-75(100)125)93(138)120-29-18-27-72(120)89(134)113-66(38-57-42-104-48-109-57)87(132)115-67(30-49(2)3)91(136)117(5)44-58(122)33-52(32-54-40-106-62-23-15-13-21-59(54)62)73(123)37-56(45-121)84(129)112-65(35-55-41-107-63-24-16-14-22-60(55)63)74(124)36-53(90(135)119(71)7)34-61-78(95)80(97)82(99)81(98)79(61)96/h10-16,19-24,40-42,48-50,52-53,56,64-72,106-107,121H,8-9,17-18,25-39,43-47H2,1-7H3,(H2,100,125)(H2,101,126)(H,104,109)(H,108,130)(H,110,127)(H,111,133)(H,112,129)(H,113,134)(H,114,128)(H,115,132)(H,116,131)(H4,102,103,105)/t50-,52+,53+,56-,64-,65-,66-,67-,68-,69-,70-,71-,72-/m0/s1. The number of rotatable bonds is 25. The van der Waals surface area contributed by atoms with Gasteiger partial charge < -0.3 is 105 Å². The van der Waals surface area contributed by atoms with E-state index < -0.39 is 289 Å². The lowest BCUT2D eigenvalue weighted by Crippen LogP contribution is -2.60. The Bertz CT molecular complexity index is 5600. The summed E-state index contributed by atoms with van der Waals surface area (Å²) in [5.41, 5.74) is 17.9. The van der Waals surface area contributed by atoms with Gasteiger partial charge in [-0.3, -0.25) is 86.9 Å². The van der Waals surface area contributed by atoms with E-state index in [1.807, 2.05) is 0 Å². The van der Waals surface area contributed by atoms with Crippen LogP contribution in [-0.2, 0) is 114 Å². The number of primary amides is 2. The molecule has 0 radical (unpaired) electrons. The van der Waals surface area contributed by atoms with E-state index in [0.29, 0.717) is 56.0 Å². The highest BCUT2D eigenvalue weighted by molar-refractivity contribution is 8.00. The number of H-pyrrole nitrogens is 3. The molecule has 13 atom stereocenters. The van der Waals surface area contributed by atoms with Gasteiger partial charge in [0.1, 0.15) is 60.2 Å². The maximum absolute atomic E-state index is 16.3. The van der Waals surface area contributed by atoms with Crippen molar-refractivity contribution in [3.63, 3.8) is 0 Å². The Labute approximate surface area is 801 Å². The van der Waals surface area contributed by atoms with Crippen LogP contribution >= 0.6 is 11.8 Å². The van der Waals surface area contributed by atoms with Crippen LogP contribution in [0.15, 0.2) is 104 Å². The van der Waals surface area contributed by atoms with E-state index in [9.17, 15) is 67.0 Å². The molecule has 14 amide bonds.